The van der Waals surface area contributed by atoms with Gasteiger partial charge < -0.3 is 10.5 Å². The number of nitrogens with zero attached hydrogens (tertiary/aromatic N) is 2. The predicted molar refractivity (Wildman–Crippen MR) is 87.6 cm³/mol. The summed E-state index contributed by atoms with van der Waals surface area (Å²) in [6.45, 7) is 4.78. The molecule has 114 valence electrons. The highest BCUT2D eigenvalue weighted by atomic mass is 32.1. The second-order valence-corrected chi connectivity index (χ2v) is 7.01. The fraction of sp³-hybridized carbons (Fsp3) is 0.562. The molecule has 2 unspecified atom stereocenters. The van der Waals surface area contributed by atoms with Crippen molar-refractivity contribution in [1.82, 2.24) is 9.88 Å². The van der Waals surface area contributed by atoms with Crippen LogP contribution in [0.1, 0.15) is 23.4 Å². The number of fused-ring (bicyclic) bond motifs is 1. The maximum absolute atomic E-state index is 5.95. The number of aromatic nitrogens is 1. The lowest BCUT2D eigenvalue weighted by Crippen LogP contribution is -2.47. The molecule has 1 aliphatic heterocycles. The fourth-order valence-electron chi connectivity index (χ4n) is 3.15. The molecular weight excluding hydrogens is 282 g/mol. The Bertz CT molecular complexity index is 613. The Morgan fingerprint density at radius 3 is 3.10 bits per heavy atom. The number of rotatable bonds is 4. The predicted octanol–water partition coefficient (Wildman–Crippen LogP) is 2.54. The van der Waals surface area contributed by atoms with Gasteiger partial charge in [-0.25, -0.2) is 4.98 Å². The van der Waals surface area contributed by atoms with Gasteiger partial charge in [-0.3, -0.25) is 4.90 Å². The van der Waals surface area contributed by atoms with Gasteiger partial charge in [-0.2, -0.15) is 0 Å². The van der Waals surface area contributed by atoms with E-state index >= 15 is 0 Å². The summed E-state index contributed by atoms with van der Waals surface area (Å²) >= 11 is 1.76. The second kappa shape index (κ2) is 6.40. The maximum atomic E-state index is 5.95. The molecule has 4 nitrogen and oxygen atoms in total. The van der Waals surface area contributed by atoms with Crippen molar-refractivity contribution in [3.63, 3.8) is 0 Å². The van der Waals surface area contributed by atoms with Gasteiger partial charge in [0, 0.05) is 32.8 Å². The molecule has 2 N–H and O–H groups in total. The van der Waals surface area contributed by atoms with Gasteiger partial charge in [0.1, 0.15) is 0 Å². The van der Waals surface area contributed by atoms with Crippen LogP contribution in [0, 0.1) is 6.92 Å². The van der Waals surface area contributed by atoms with Gasteiger partial charge in [0.2, 0.25) is 0 Å². The van der Waals surface area contributed by atoms with Gasteiger partial charge >= 0.3 is 0 Å². The van der Waals surface area contributed by atoms with Gasteiger partial charge in [-0.15, -0.1) is 11.3 Å². The van der Waals surface area contributed by atoms with E-state index < -0.39 is 0 Å². The third kappa shape index (κ3) is 3.26. The molecule has 0 aliphatic carbocycles. The van der Waals surface area contributed by atoms with Gasteiger partial charge in [0.15, 0.2) is 0 Å². The van der Waals surface area contributed by atoms with Gasteiger partial charge in [-0.05, 0) is 37.5 Å². The first-order valence-electron chi connectivity index (χ1n) is 7.52. The molecule has 2 aromatic rings. The Kier molecular flexibility index (Phi) is 4.54. The molecule has 0 spiro atoms. The van der Waals surface area contributed by atoms with Crippen molar-refractivity contribution in [2.45, 2.75) is 38.5 Å². The van der Waals surface area contributed by atoms with E-state index in [1.54, 1.807) is 18.4 Å². The van der Waals surface area contributed by atoms with Crippen LogP contribution in [0.4, 0.5) is 0 Å². The van der Waals surface area contributed by atoms with E-state index in [9.17, 15) is 0 Å². The third-order valence-corrected chi connectivity index (χ3v) is 5.27. The van der Waals surface area contributed by atoms with Crippen LogP contribution in [0.25, 0.3) is 10.2 Å². The van der Waals surface area contributed by atoms with Crippen LogP contribution < -0.4 is 5.73 Å². The zero-order valence-corrected chi connectivity index (χ0v) is 13.5. The molecule has 0 radical (unpaired) electrons. The first-order chi connectivity index (χ1) is 10.2. The smallest absolute Gasteiger partial charge is 0.0907 e. The van der Waals surface area contributed by atoms with Crippen LogP contribution in [-0.4, -0.2) is 42.2 Å². The Labute approximate surface area is 129 Å². The number of thiazole rings is 1. The number of hydrogen-bond donors (Lipinski definition) is 1. The molecule has 1 fully saturated rings. The Morgan fingerprint density at radius 1 is 1.48 bits per heavy atom. The van der Waals surface area contributed by atoms with Crippen molar-refractivity contribution in [2.75, 3.05) is 20.2 Å². The standard InChI is InChI=1S/C16H23N3OS/c1-11-18-15-4-3-12(7-16(15)21-11)10-19-6-5-14(20-2)8-13(19)9-17/h3-4,7,13-14H,5-6,8-10,17H2,1-2H3. The summed E-state index contributed by atoms with van der Waals surface area (Å²) in [5.74, 6) is 0. The zero-order valence-electron chi connectivity index (χ0n) is 12.7. The zero-order chi connectivity index (χ0) is 14.8. The van der Waals surface area contributed by atoms with Crippen molar-refractivity contribution >= 4 is 21.6 Å². The quantitative estimate of drug-likeness (QED) is 0.943. The molecule has 1 saturated heterocycles. The number of hydrogen-bond acceptors (Lipinski definition) is 5. The lowest BCUT2D eigenvalue weighted by molar-refractivity contribution is 0.0102. The number of likely N-dealkylation sites (tertiary alicyclic amines) is 1. The van der Waals surface area contributed by atoms with E-state index in [4.69, 9.17) is 10.5 Å². The first-order valence-corrected chi connectivity index (χ1v) is 8.34. The maximum Gasteiger partial charge on any atom is 0.0907 e. The molecular formula is C16H23N3OS. The average molecular weight is 305 g/mol. The SMILES string of the molecule is COC1CCN(Cc2ccc3nc(C)sc3c2)C(CN)C1. The summed E-state index contributed by atoms with van der Waals surface area (Å²) in [5.41, 5.74) is 8.41. The van der Waals surface area contributed by atoms with Crippen LogP contribution in [0.2, 0.25) is 0 Å². The fourth-order valence-corrected chi connectivity index (χ4v) is 4.04. The van der Waals surface area contributed by atoms with Crippen LogP contribution in [0.3, 0.4) is 0 Å². The summed E-state index contributed by atoms with van der Waals surface area (Å²) in [7, 11) is 1.80. The minimum Gasteiger partial charge on any atom is -0.381 e. The summed E-state index contributed by atoms with van der Waals surface area (Å²) in [5, 5.41) is 1.13. The van der Waals surface area contributed by atoms with Crippen molar-refractivity contribution in [1.29, 1.82) is 0 Å². The highest BCUT2D eigenvalue weighted by Crippen LogP contribution is 2.25. The summed E-state index contributed by atoms with van der Waals surface area (Å²) in [4.78, 5) is 7.01. The van der Waals surface area contributed by atoms with E-state index in [-0.39, 0.29) is 0 Å². The molecule has 2 heterocycles. The van der Waals surface area contributed by atoms with Crippen LogP contribution in [-0.2, 0) is 11.3 Å². The Morgan fingerprint density at radius 2 is 2.33 bits per heavy atom. The number of ether oxygens (including phenoxy) is 1. The highest BCUT2D eigenvalue weighted by Gasteiger charge is 2.27. The van der Waals surface area contributed by atoms with E-state index in [1.165, 1.54) is 10.3 Å². The number of benzene rings is 1. The minimum atomic E-state index is 0.362. The number of aryl methyl sites for hydroxylation is 1. The van der Waals surface area contributed by atoms with Crippen LogP contribution >= 0.6 is 11.3 Å². The lowest BCUT2D eigenvalue weighted by atomic mass is 9.98. The molecule has 2 atom stereocenters. The molecule has 5 heteroatoms. The lowest BCUT2D eigenvalue weighted by Gasteiger charge is -2.38. The van der Waals surface area contributed by atoms with E-state index in [0.717, 1.165) is 36.5 Å². The van der Waals surface area contributed by atoms with E-state index in [0.29, 0.717) is 18.7 Å². The number of piperidine rings is 1. The van der Waals surface area contributed by atoms with Crippen molar-refractivity contribution in [3.05, 3.63) is 28.8 Å². The Balaban J connectivity index is 1.74. The second-order valence-electron chi connectivity index (χ2n) is 5.78. The van der Waals surface area contributed by atoms with Crippen LogP contribution in [0.5, 0.6) is 0 Å². The molecule has 3 rings (SSSR count). The molecule has 1 aromatic carbocycles. The van der Waals surface area contributed by atoms with Gasteiger partial charge in [0.05, 0.1) is 21.3 Å². The molecule has 1 aliphatic rings. The highest BCUT2D eigenvalue weighted by molar-refractivity contribution is 7.18. The molecule has 1 aromatic heterocycles. The van der Waals surface area contributed by atoms with Gasteiger partial charge in [0.25, 0.3) is 0 Å². The third-order valence-electron chi connectivity index (χ3n) is 4.34. The minimum absolute atomic E-state index is 0.362. The number of nitrogens with two attached hydrogens (primary N) is 1. The normalized spacial score (nSPS) is 23.8. The van der Waals surface area contributed by atoms with Crippen LogP contribution in [0.15, 0.2) is 18.2 Å². The van der Waals surface area contributed by atoms with Crippen molar-refractivity contribution < 1.29 is 4.74 Å². The molecule has 0 amide bonds. The summed E-state index contributed by atoms with van der Waals surface area (Å²) < 4.78 is 6.77. The Hall–Kier alpha value is -1.01. The molecule has 21 heavy (non-hydrogen) atoms. The molecule has 0 saturated carbocycles. The topological polar surface area (TPSA) is 51.4 Å². The number of methoxy groups -OCH3 is 1. The van der Waals surface area contributed by atoms with Gasteiger partial charge in [-0.1, -0.05) is 6.07 Å². The summed E-state index contributed by atoms with van der Waals surface area (Å²) in [6.07, 6.45) is 2.49. The van der Waals surface area contributed by atoms with E-state index in [2.05, 4.69) is 35.0 Å². The first kappa shape index (κ1) is 14.9. The summed E-state index contributed by atoms with van der Waals surface area (Å²) in [6, 6.07) is 7.02. The monoisotopic (exact) mass is 305 g/mol. The average Bonchev–Trinajstić information content (AvgIpc) is 2.87. The van der Waals surface area contributed by atoms with Crippen molar-refractivity contribution in [2.24, 2.45) is 5.73 Å². The largest absolute Gasteiger partial charge is 0.381 e. The molecule has 0 bridgehead atoms. The van der Waals surface area contributed by atoms with E-state index in [1.807, 2.05) is 0 Å². The van der Waals surface area contributed by atoms with Crippen molar-refractivity contribution in [3.8, 4) is 0 Å².